The molecule has 0 radical (unpaired) electrons. The molecule has 18 heavy (non-hydrogen) atoms. The number of nitrogens with zero attached hydrogens (tertiary/aromatic N) is 1. The maximum Gasteiger partial charge on any atom is 0.0683 e. The first-order chi connectivity index (χ1) is 8.59. The maximum absolute atomic E-state index is 8.92. The zero-order chi connectivity index (χ0) is 13.4. The van der Waals surface area contributed by atoms with Crippen molar-refractivity contribution >= 4 is 11.3 Å². The molecule has 100 valence electrons. The normalized spacial score (nSPS) is 11.4. The molecule has 2 nitrogen and oxygen atoms in total. The van der Waals surface area contributed by atoms with Crippen LogP contribution in [0, 0.1) is 16.7 Å². The fourth-order valence-electron chi connectivity index (χ4n) is 1.91. The second-order valence-corrected chi connectivity index (χ2v) is 6.35. The number of nitrogens with one attached hydrogen (secondary N) is 1. The molecule has 0 bridgehead atoms. The molecule has 0 atom stereocenters. The van der Waals surface area contributed by atoms with Gasteiger partial charge in [-0.25, -0.2) is 0 Å². The number of unbranched alkanes of at least 4 members (excludes halogenated alkanes) is 1. The lowest BCUT2D eigenvalue weighted by Crippen LogP contribution is -2.15. The highest BCUT2D eigenvalue weighted by Crippen LogP contribution is 2.21. The van der Waals surface area contributed by atoms with Crippen molar-refractivity contribution in [1.82, 2.24) is 5.32 Å². The van der Waals surface area contributed by atoms with Crippen LogP contribution in [0.2, 0.25) is 0 Å². The molecule has 0 fully saturated rings. The second-order valence-electron chi connectivity index (χ2n) is 5.35. The van der Waals surface area contributed by atoms with Crippen molar-refractivity contribution in [3.63, 3.8) is 0 Å². The summed E-state index contributed by atoms with van der Waals surface area (Å²) < 4.78 is 0. The first-order valence-electron chi connectivity index (χ1n) is 6.76. The maximum atomic E-state index is 8.92. The van der Waals surface area contributed by atoms with Gasteiger partial charge >= 0.3 is 0 Å². The summed E-state index contributed by atoms with van der Waals surface area (Å²) in [6, 6.07) is 4.57. The lowest BCUT2D eigenvalue weighted by molar-refractivity contribution is 0.422. The molecule has 0 saturated heterocycles. The van der Waals surface area contributed by atoms with Crippen LogP contribution in [0.15, 0.2) is 11.4 Å². The lowest BCUT2D eigenvalue weighted by atomic mass is 9.89. The highest BCUT2D eigenvalue weighted by Gasteiger charge is 2.15. The number of aryl methyl sites for hydroxylation is 1. The molecule has 0 aliphatic rings. The van der Waals surface area contributed by atoms with E-state index in [1.165, 1.54) is 10.4 Å². The Bertz CT molecular complexity index is 387. The van der Waals surface area contributed by atoms with Gasteiger partial charge in [-0.3, -0.25) is 0 Å². The Balaban J connectivity index is 2.11. The van der Waals surface area contributed by atoms with Crippen molar-refractivity contribution in [2.75, 3.05) is 6.54 Å². The summed E-state index contributed by atoms with van der Waals surface area (Å²) in [7, 11) is 0. The Labute approximate surface area is 115 Å². The average Bonchev–Trinajstić information content (AvgIpc) is 2.81. The first-order valence-corrected chi connectivity index (χ1v) is 7.64. The summed E-state index contributed by atoms with van der Waals surface area (Å²) >= 11 is 1.84. The third-order valence-corrected chi connectivity index (χ3v) is 4.18. The van der Waals surface area contributed by atoms with Crippen LogP contribution in [0.4, 0.5) is 0 Å². The van der Waals surface area contributed by atoms with E-state index < -0.39 is 0 Å². The molecular formula is C15H24N2S. The average molecular weight is 264 g/mol. The zero-order valence-corrected chi connectivity index (χ0v) is 12.6. The van der Waals surface area contributed by atoms with E-state index in [4.69, 9.17) is 5.26 Å². The molecule has 0 aliphatic carbocycles. The van der Waals surface area contributed by atoms with E-state index in [-0.39, 0.29) is 5.41 Å². The molecule has 0 unspecified atom stereocenters. The SMILES string of the molecule is CCc1ccsc1CNCCCCC(C)(C)C#N. The lowest BCUT2D eigenvalue weighted by Gasteiger charge is -2.14. The van der Waals surface area contributed by atoms with Crippen LogP contribution in [-0.2, 0) is 13.0 Å². The van der Waals surface area contributed by atoms with Gasteiger partial charge in [-0.1, -0.05) is 13.3 Å². The van der Waals surface area contributed by atoms with E-state index in [2.05, 4.69) is 29.8 Å². The van der Waals surface area contributed by atoms with Crippen LogP contribution in [0.25, 0.3) is 0 Å². The van der Waals surface area contributed by atoms with Gasteiger partial charge in [0.15, 0.2) is 0 Å². The Hall–Kier alpha value is -0.850. The first kappa shape index (κ1) is 15.2. The predicted octanol–water partition coefficient (Wildman–Crippen LogP) is 4.12. The third-order valence-electron chi connectivity index (χ3n) is 3.21. The standard InChI is InChI=1S/C15H24N2S/c1-4-13-7-10-18-14(13)11-17-9-6-5-8-15(2,3)12-16/h7,10,17H,4-6,8-9,11H2,1-3H3. The Morgan fingerprint density at radius 1 is 1.39 bits per heavy atom. The Kier molecular flexibility index (Phi) is 6.38. The van der Waals surface area contributed by atoms with E-state index in [1.807, 2.05) is 25.2 Å². The van der Waals surface area contributed by atoms with Gasteiger partial charge in [0, 0.05) is 11.4 Å². The van der Waals surface area contributed by atoms with Crippen molar-refractivity contribution in [3.8, 4) is 6.07 Å². The molecule has 3 heteroatoms. The van der Waals surface area contributed by atoms with Crippen LogP contribution in [-0.4, -0.2) is 6.54 Å². The third kappa shape index (κ3) is 5.20. The minimum absolute atomic E-state index is 0.164. The summed E-state index contributed by atoms with van der Waals surface area (Å²) in [6.07, 6.45) is 4.39. The van der Waals surface area contributed by atoms with E-state index in [0.717, 1.165) is 38.8 Å². The van der Waals surface area contributed by atoms with Crippen molar-refractivity contribution in [2.24, 2.45) is 5.41 Å². The van der Waals surface area contributed by atoms with Crippen LogP contribution >= 0.6 is 11.3 Å². The molecule has 0 spiro atoms. The summed E-state index contributed by atoms with van der Waals surface area (Å²) in [6.45, 7) is 8.26. The molecule has 0 amide bonds. The molecule has 1 aromatic heterocycles. The number of rotatable bonds is 8. The smallest absolute Gasteiger partial charge is 0.0683 e. The monoisotopic (exact) mass is 264 g/mol. The highest BCUT2D eigenvalue weighted by atomic mass is 32.1. The van der Waals surface area contributed by atoms with Crippen LogP contribution in [0.3, 0.4) is 0 Å². The highest BCUT2D eigenvalue weighted by molar-refractivity contribution is 7.10. The van der Waals surface area contributed by atoms with Crippen LogP contribution < -0.4 is 5.32 Å². The molecule has 0 aromatic carbocycles. The van der Waals surface area contributed by atoms with Crippen molar-refractivity contribution in [2.45, 2.75) is 53.0 Å². The summed E-state index contributed by atoms with van der Waals surface area (Å²) in [5.74, 6) is 0. The number of hydrogen-bond donors (Lipinski definition) is 1. The summed E-state index contributed by atoms with van der Waals surface area (Å²) in [5.41, 5.74) is 1.31. The fraction of sp³-hybridized carbons (Fsp3) is 0.667. The van der Waals surface area contributed by atoms with Gasteiger partial charge < -0.3 is 5.32 Å². The molecular weight excluding hydrogens is 240 g/mol. The van der Waals surface area contributed by atoms with Gasteiger partial charge in [-0.15, -0.1) is 11.3 Å². The van der Waals surface area contributed by atoms with Crippen LogP contribution in [0.1, 0.15) is 50.5 Å². The quantitative estimate of drug-likeness (QED) is 0.717. The molecule has 1 heterocycles. The van der Waals surface area contributed by atoms with Gasteiger partial charge in [0.2, 0.25) is 0 Å². The largest absolute Gasteiger partial charge is 0.312 e. The number of thiophene rings is 1. The van der Waals surface area contributed by atoms with Crippen molar-refractivity contribution < 1.29 is 0 Å². The predicted molar refractivity (Wildman–Crippen MR) is 78.6 cm³/mol. The van der Waals surface area contributed by atoms with Gasteiger partial charge in [0.1, 0.15) is 0 Å². The van der Waals surface area contributed by atoms with Gasteiger partial charge in [0.05, 0.1) is 11.5 Å². The van der Waals surface area contributed by atoms with Crippen molar-refractivity contribution in [1.29, 1.82) is 5.26 Å². The van der Waals surface area contributed by atoms with E-state index in [1.54, 1.807) is 0 Å². The molecule has 0 saturated carbocycles. The van der Waals surface area contributed by atoms with Gasteiger partial charge in [-0.2, -0.15) is 5.26 Å². The molecule has 1 aromatic rings. The minimum atomic E-state index is -0.164. The van der Waals surface area contributed by atoms with Gasteiger partial charge in [0.25, 0.3) is 0 Å². The summed E-state index contributed by atoms with van der Waals surface area (Å²) in [5, 5.41) is 14.6. The number of hydrogen-bond acceptors (Lipinski definition) is 3. The fourth-order valence-corrected chi connectivity index (χ4v) is 2.86. The molecule has 0 aliphatic heterocycles. The van der Waals surface area contributed by atoms with E-state index in [9.17, 15) is 0 Å². The topological polar surface area (TPSA) is 35.8 Å². The minimum Gasteiger partial charge on any atom is -0.312 e. The zero-order valence-electron chi connectivity index (χ0n) is 11.8. The Morgan fingerprint density at radius 2 is 2.17 bits per heavy atom. The van der Waals surface area contributed by atoms with Crippen LogP contribution in [0.5, 0.6) is 0 Å². The molecule has 1 N–H and O–H groups in total. The molecule has 1 rings (SSSR count). The van der Waals surface area contributed by atoms with E-state index in [0.29, 0.717) is 0 Å². The number of nitriles is 1. The van der Waals surface area contributed by atoms with E-state index >= 15 is 0 Å². The Morgan fingerprint density at radius 3 is 2.83 bits per heavy atom. The second kappa shape index (κ2) is 7.56. The van der Waals surface area contributed by atoms with Crippen molar-refractivity contribution in [3.05, 3.63) is 21.9 Å². The summed E-state index contributed by atoms with van der Waals surface area (Å²) in [4.78, 5) is 1.47. The van der Waals surface area contributed by atoms with Gasteiger partial charge in [-0.05, 0) is 56.7 Å².